The second-order valence-electron chi connectivity index (χ2n) is 6.69. The molecule has 0 saturated carbocycles. The fourth-order valence-corrected chi connectivity index (χ4v) is 2.15. The van der Waals surface area contributed by atoms with Gasteiger partial charge in [-0.3, -0.25) is 0 Å². The molecule has 0 saturated heterocycles. The van der Waals surface area contributed by atoms with Crippen LogP contribution in [0, 0.1) is 0 Å². The largest absolute Gasteiger partial charge is 0.507 e. The first-order chi connectivity index (χ1) is 7.96. The van der Waals surface area contributed by atoms with Crippen LogP contribution in [0.3, 0.4) is 0 Å². The van der Waals surface area contributed by atoms with Crippen LogP contribution >= 0.6 is 0 Å². The number of hydrogen-bond donors (Lipinski definition) is 2. The Morgan fingerprint density at radius 1 is 1.00 bits per heavy atom. The zero-order valence-corrected chi connectivity index (χ0v) is 13.6. The average molecular weight is 302 g/mol. The van der Waals surface area contributed by atoms with Crippen molar-refractivity contribution in [1.29, 1.82) is 0 Å². The monoisotopic (exact) mass is 302 g/mol. The van der Waals surface area contributed by atoms with Crippen molar-refractivity contribution in [3.05, 3.63) is 28.8 Å². The van der Waals surface area contributed by atoms with Gasteiger partial charge < -0.3 is 10.2 Å². The number of benzene rings is 1. The van der Waals surface area contributed by atoms with Gasteiger partial charge in [0, 0.05) is 22.9 Å². The molecule has 0 spiro atoms. The summed E-state index contributed by atoms with van der Waals surface area (Å²) in [5.41, 5.74) is 1.22. The molecule has 0 aliphatic rings. The number of carbonyl (C=O) groups is 1. The molecule has 0 radical (unpaired) electrons. The molecule has 2 N–H and O–H groups in total. The average Bonchev–Trinajstić information content (AvgIpc) is 2.12. The Morgan fingerprint density at radius 3 is 1.79 bits per heavy atom. The fourth-order valence-electron chi connectivity index (χ4n) is 2.15. The first-order valence-corrected chi connectivity index (χ1v) is 6.06. The van der Waals surface area contributed by atoms with Crippen molar-refractivity contribution in [2.24, 2.45) is 0 Å². The Balaban J connectivity index is 0.00000324. The molecule has 0 heterocycles. The van der Waals surface area contributed by atoms with E-state index in [1.807, 2.05) is 26.8 Å². The summed E-state index contributed by atoms with van der Waals surface area (Å²) in [6.45, 7) is 12.1. The molecule has 4 heteroatoms. The Kier molecular flexibility index (Phi) is 5.28. The first-order valence-electron chi connectivity index (χ1n) is 6.06. The van der Waals surface area contributed by atoms with Crippen LogP contribution in [0.4, 0.5) is 0 Å². The van der Waals surface area contributed by atoms with Crippen molar-refractivity contribution < 1.29 is 32.4 Å². The molecule has 0 fully saturated rings. The van der Waals surface area contributed by atoms with Gasteiger partial charge >= 0.3 is 5.97 Å². The maximum Gasteiger partial charge on any atom is 0.339 e. The van der Waals surface area contributed by atoms with Crippen molar-refractivity contribution >= 4 is 5.97 Å². The van der Waals surface area contributed by atoms with Gasteiger partial charge in [0.15, 0.2) is 0 Å². The van der Waals surface area contributed by atoms with E-state index in [2.05, 4.69) is 20.8 Å². The van der Waals surface area contributed by atoms with Gasteiger partial charge in [-0.25, -0.2) is 4.79 Å². The smallest absolute Gasteiger partial charge is 0.339 e. The summed E-state index contributed by atoms with van der Waals surface area (Å²) >= 11 is 0. The summed E-state index contributed by atoms with van der Waals surface area (Å²) in [7, 11) is 0. The third-order valence-electron chi connectivity index (χ3n) is 2.97. The minimum absolute atomic E-state index is 0. The van der Waals surface area contributed by atoms with E-state index in [9.17, 15) is 9.90 Å². The van der Waals surface area contributed by atoms with Crippen LogP contribution in [-0.2, 0) is 28.2 Å². The van der Waals surface area contributed by atoms with Gasteiger partial charge in [0.1, 0.15) is 11.3 Å². The summed E-state index contributed by atoms with van der Waals surface area (Å²) < 4.78 is 0. The molecular weight excluding hydrogens is 280 g/mol. The van der Waals surface area contributed by atoms with Gasteiger partial charge in [-0.1, -0.05) is 47.6 Å². The molecule has 0 bridgehead atoms. The molecular formula is C15H22CrO3. The molecule has 0 aliphatic carbocycles. The van der Waals surface area contributed by atoms with Crippen LogP contribution in [0.5, 0.6) is 5.75 Å². The van der Waals surface area contributed by atoms with Gasteiger partial charge in [-0.15, -0.1) is 0 Å². The zero-order chi connectivity index (χ0) is 14.3. The summed E-state index contributed by atoms with van der Waals surface area (Å²) in [6.07, 6.45) is 0. The van der Waals surface area contributed by atoms with Crippen molar-refractivity contribution in [2.75, 3.05) is 0 Å². The van der Waals surface area contributed by atoms with Crippen LogP contribution in [0.25, 0.3) is 0 Å². The van der Waals surface area contributed by atoms with Crippen LogP contribution in [0.1, 0.15) is 63.0 Å². The third kappa shape index (κ3) is 3.75. The second-order valence-corrected chi connectivity index (χ2v) is 6.69. The topological polar surface area (TPSA) is 57.5 Å². The van der Waals surface area contributed by atoms with Crippen molar-refractivity contribution in [3.8, 4) is 5.75 Å². The molecule has 1 aromatic rings. The van der Waals surface area contributed by atoms with E-state index in [0.717, 1.165) is 11.1 Å². The molecule has 0 aliphatic heterocycles. The van der Waals surface area contributed by atoms with E-state index in [4.69, 9.17) is 5.11 Å². The Hall–Kier alpha value is -0.978. The van der Waals surface area contributed by atoms with E-state index in [0.29, 0.717) is 0 Å². The Bertz CT molecular complexity index is 479. The number of aromatic carboxylic acids is 1. The molecule has 1 rings (SSSR count). The van der Waals surface area contributed by atoms with Gasteiger partial charge in [0.05, 0.1) is 0 Å². The quantitative estimate of drug-likeness (QED) is 0.832. The van der Waals surface area contributed by atoms with Gasteiger partial charge in [-0.2, -0.15) is 0 Å². The summed E-state index contributed by atoms with van der Waals surface area (Å²) in [5, 5.41) is 19.3. The van der Waals surface area contributed by atoms with Gasteiger partial charge in [0.2, 0.25) is 0 Å². The predicted octanol–water partition coefficient (Wildman–Crippen LogP) is 3.68. The van der Waals surface area contributed by atoms with Crippen LogP contribution in [0.2, 0.25) is 0 Å². The molecule has 106 valence electrons. The molecule has 0 aromatic heterocycles. The van der Waals surface area contributed by atoms with Crippen molar-refractivity contribution in [1.82, 2.24) is 0 Å². The Labute approximate surface area is 125 Å². The van der Waals surface area contributed by atoms with Crippen molar-refractivity contribution in [3.63, 3.8) is 0 Å². The molecule has 0 unspecified atom stereocenters. The number of rotatable bonds is 1. The summed E-state index contributed by atoms with van der Waals surface area (Å²) in [4.78, 5) is 11.1. The number of aromatic hydroxyl groups is 1. The van der Waals surface area contributed by atoms with Crippen LogP contribution < -0.4 is 0 Å². The number of carboxylic acid groups (broad SMARTS) is 1. The van der Waals surface area contributed by atoms with Crippen molar-refractivity contribution in [2.45, 2.75) is 52.4 Å². The Morgan fingerprint density at radius 2 is 1.47 bits per heavy atom. The minimum Gasteiger partial charge on any atom is -0.507 e. The predicted molar refractivity (Wildman–Crippen MR) is 72.5 cm³/mol. The van der Waals surface area contributed by atoms with Gasteiger partial charge in [-0.05, 0) is 22.5 Å². The molecule has 0 amide bonds. The van der Waals surface area contributed by atoms with E-state index in [1.54, 1.807) is 0 Å². The molecule has 3 nitrogen and oxygen atoms in total. The number of hydrogen-bond acceptors (Lipinski definition) is 2. The normalized spacial score (nSPS) is 11.9. The summed E-state index contributed by atoms with van der Waals surface area (Å²) in [6, 6.07) is 3.29. The second kappa shape index (κ2) is 5.57. The fraction of sp³-hybridized carbons (Fsp3) is 0.533. The third-order valence-corrected chi connectivity index (χ3v) is 2.97. The first kappa shape index (κ1) is 18.0. The SMILES string of the molecule is CC(C)(C)c1ccc(C(=O)O)c(O)c1C(C)(C)C.[Cr]. The van der Waals surface area contributed by atoms with E-state index in [1.165, 1.54) is 6.07 Å². The van der Waals surface area contributed by atoms with Crippen LogP contribution in [-0.4, -0.2) is 16.2 Å². The van der Waals surface area contributed by atoms with E-state index < -0.39 is 5.97 Å². The standard InChI is InChI=1S/C15H22O3.Cr/c1-14(2,3)10-8-7-9(13(17)18)12(16)11(10)15(4,5)6;/h7-8,16H,1-6H3,(H,17,18);. The molecule has 1 aromatic carbocycles. The maximum atomic E-state index is 11.1. The maximum absolute atomic E-state index is 11.1. The number of phenols is 1. The van der Waals surface area contributed by atoms with E-state index in [-0.39, 0.29) is 39.5 Å². The summed E-state index contributed by atoms with van der Waals surface area (Å²) in [5.74, 6) is -1.21. The number of carboxylic acids is 1. The van der Waals surface area contributed by atoms with E-state index >= 15 is 0 Å². The zero-order valence-electron chi connectivity index (χ0n) is 12.4. The van der Waals surface area contributed by atoms with Crippen LogP contribution in [0.15, 0.2) is 12.1 Å². The molecule has 0 atom stereocenters. The van der Waals surface area contributed by atoms with Gasteiger partial charge in [0.25, 0.3) is 0 Å². The minimum atomic E-state index is -1.10. The molecule has 19 heavy (non-hydrogen) atoms.